The molecule has 0 unspecified atom stereocenters. The molecule has 0 saturated carbocycles. The Morgan fingerprint density at radius 1 is 1.57 bits per heavy atom. The van der Waals surface area contributed by atoms with Crippen LogP contribution in [0, 0.1) is 6.14 Å². The summed E-state index contributed by atoms with van der Waals surface area (Å²) in [5, 5.41) is 8.52. The van der Waals surface area contributed by atoms with Crippen LogP contribution in [0.2, 0.25) is 0 Å². The molecule has 2 rings (SSSR count). The zero-order valence-electron chi connectivity index (χ0n) is 7.03. The van der Waals surface area contributed by atoms with Crippen LogP contribution in [0.5, 0.6) is 0 Å². The highest BCUT2D eigenvalue weighted by molar-refractivity contribution is 5.76. The summed E-state index contributed by atoms with van der Waals surface area (Å²) in [4.78, 5) is 13.8. The standard InChI is InChI=1S/C9H6FNO3/c10-9-11-6-2-1-5(4-8(12)13)3-7(6)14-9/h1-3H,4H2,(H,12,13). The molecular weight excluding hydrogens is 189 g/mol. The summed E-state index contributed by atoms with van der Waals surface area (Å²) in [6.07, 6.45) is -1.02. The Morgan fingerprint density at radius 2 is 2.36 bits per heavy atom. The van der Waals surface area contributed by atoms with Gasteiger partial charge in [-0.25, -0.2) is 0 Å². The molecule has 2 aromatic rings. The molecule has 0 bridgehead atoms. The number of benzene rings is 1. The van der Waals surface area contributed by atoms with Crippen molar-refractivity contribution in [2.45, 2.75) is 6.42 Å². The fraction of sp³-hybridized carbons (Fsp3) is 0.111. The monoisotopic (exact) mass is 195 g/mol. The molecule has 5 heteroatoms. The van der Waals surface area contributed by atoms with Gasteiger partial charge in [-0.05, 0) is 17.7 Å². The van der Waals surface area contributed by atoms with E-state index in [-0.39, 0.29) is 12.0 Å². The number of aromatic nitrogens is 1. The summed E-state index contributed by atoms with van der Waals surface area (Å²) in [5.74, 6) is -0.940. The summed E-state index contributed by atoms with van der Waals surface area (Å²) in [6, 6.07) is 4.58. The van der Waals surface area contributed by atoms with Crippen molar-refractivity contribution in [1.29, 1.82) is 0 Å². The molecule has 72 valence electrons. The van der Waals surface area contributed by atoms with Crippen molar-refractivity contribution in [2.75, 3.05) is 0 Å². The van der Waals surface area contributed by atoms with Crippen LogP contribution in [0.1, 0.15) is 5.56 Å². The Labute approximate surface area is 78.0 Å². The second-order valence-electron chi connectivity index (χ2n) is 2.84. The Kier molecular flexibility index (Phi) is 1.92. The Bertz CT molecular complexity index is 492. The lowest BCUT2D eigenvalue weighted by molar-refractivity contribution is -0.136. The number of hydrogen-bond acceptors (Lipinski definition) is 3. The average molecular weight is 195 g/mol. The Morgan fingerprint density at radius 3 is 3.07 bits per heavy atom. The molecule has 0 spiro atoms. The van der Waals surface area contributed by atoms with Crippen LogP contribution in [0.15, 0.2) is 22.6 Å². The van der Waals surface area contributed by atoms with Crippen molar-refractivity contribution in [3.63, 3.8) is 0 Å². The van der Waals surface area contributed by atoms with Crippen molar-refractivity contribution in [3.8, 4) is 0 Å². The van der Waals surface area contributed by atoms with E-state index < -0.39 is 12.1 Å². The van der Waals surface area contributed by atoms with Crippen molar-refractivity contribution < 1.29 is 18.7 Å². The minimum absolute atomic E-state index is 0.113. The van der Waals surface area contributed by atoms with Gasteiger partial charge in [0.05, 0.1) is 6.42 Å². The number of oxazole rings is 1. The minimum atomic E-state index is -0.940. The average Bonchev–Trinajstić information content (AvgIpc) is 2.42. The number of carboxylic acid groups (broad SMARTS) is 1. The van der Waals surface area contributed by atoms with E-state index in [2.05, 4.69) is 9.40 Å². The highest BCUT2D eigenvalue weighted by Gasteiger charge is 2.07. The molecule has 0 atom stereocenters. The predicted octanol–water partition coefficient (Wildman–Crippen LogP) is 1.59. The second kappa shape index (κ2) is 3.10. The molecular formula is C9H6FNO3. The first-order valence-electron chi connectivity index (χ1n) is 3.92. The smallest absolute Gasteiger partial charge is 0.382 e. The molecule has 1 heterocycles. The molecule has 0 radical (unpaired) electrons. The Balaban J connectivity index is 2.45. The molecule has 1 N–H and O–H groups in total. The molecule has 0 aliphatic carbocycles. The number of aliphatic carboxylic acids is 1. The van der Waals surface area contributed by atoms with Crippen molar-refractivity contribution in [3.05, 3.63) is 29.9 Å². The largest absolute Gasteiger partial charge is 0.481 e. The van der Waals surface area contributed by atoms with Crippen LogP contribution in [0.4, 0.5) is 4.39 Å². The molecule has 0 aliphatic rings. The number of carbonyl (C=O) groups is 1. The summed E-state index contributed by atoms with van der Waals surface area (Å²) >= 11 is 0. The first-order valence-corrected chi connectivity index (χ1v) is 3.92. The van der Waals surface area contributed by atoms with E-state index in [1.807, 2.05) is 0 Å². The highest BCUT2D eigenvalue weighted by Crippen LogP contribution is 2.16. The van der Waals surface area contributed by atoms with E-state index in [0.717, 1.165) is 0 Å². The van der Waals surface area contributed by atoms with Gasteiger partial charge in [0.2, 0.25) is 0 Å². The maximum absolute atomic E-state index is 12.5. The fourth-order valence-corrected chi connectivity index (χ4v) is 1.23. The number of hydrogen-bond donors (Lipinski definition) is 1. The van der Waals surface area contributed by atoms with E-state index in [1.165, 1.54) is 12.1 Å². The fourth-order valence-electron chi connectivity index (χ4n) is 1.23. The van der Waals surface area contributed by atoms with Crippen LogP contribution < -0.4 is 0 Å². The molecule has 14 heavy (non-hydrogen) atoms. The molecule has 4 nitrogen and oxygen atoms in total. The summed E-state index contributed by atoms with van der Waals surface area (Å²) in [7, 11) is 0. The van der Waals surface area contributed by atoms with Gasteiger partial charge in [0.1, 0.15) is 5.52 Å². The second-order valence-corrected chi connectivity index (χ2v) is 2.84. The number of rotatable bonds is 2. The topological polar surface area (TPSA) is 63.3 Å². The van der Waals surface area contributed by atoms with Crippen LogP contribution in [-0.2, 0) is 11.2 Å². The van der Waals surface area contributed by atoms with Gasteiger partial charge < -0.3 is 9.52 Å². The van der Waals surface area contributed by atoms with E-state index in [4.69, 9.17) is 5.11 Å². The predicted molar refractivity (Wildman–Crippen MR) is 45.3 cm³/mol. The van der Waals surface area contributed by atoms with Crippen molar-refractivity contribution >= 4 is 17.1 Å². The third-order valence-corrected chi connectivity index (χ3v) is 1.78. The Hall–Kier alpha value is -1.91. The maximum atomic E-state index is 12.5. The van der Waals surface area contributed by atoms with Gasteiger partial charge in [-0.2, -0.15) is 4.98 Å². The summed E-state index contributed by atoms with van der Waals surface area (Å²) < 4.78 is 17.1. The van der Waals surface area contributed by atoms with Crippen molar-refractivity contribution in [2.24, 2.45) is 0 Å². The van der Waals surface area contributed by atoms with Crippen LogP contribution in [-0.4, -0.2) is 16.1 Å². The van der Waals surface area contributed by atoms with Crippen LogP contribution in [0.25, 0.3) is 11.1 Å². The number of carboxylic acids is 1. The lowest BCUT2D eigenvalue weighted by atomic mass is 10.1. The molecule has 0 aliphatic heterocycles. The summed E-state index contributed by atoms with van der Waals surface area (Å²) in [5.41, 5.74) is 1.21. The summed E-state index contributed by atoms with van der Waals surface area (Å²) in [6.45, 7) is 0. The SMILES string of the molecule is O=C(O)Cc1ccc2nc(F)oc2c1. The first kappa shape index (κ1) is 8.68. The van der Waals surface area contributed by atoms with E-state index in [9.17, 15) is 9.18 Å². The highest BCUT2D eigenvalue weighted by atomic mass is 19.1. The van der Waals surface area contributed by atoms with Gasteiger partial charge in [-0.15, -0.1) is 4.39 Å². The van der Waals surface area contributed by atoms with Gasteiger partial charge in [0, 0.05) is 0 Å². The normalized spacial score (nSPS) is 10.6. The maximum Gasteiger partial charge on any atom is 0.382 e. The van der Waals surface area contributed by atoms with Crippen LogP contribution >= 0.6 is 0 Å². The first-order chi connectivity index (χ1) is 6.65. The van der Waals surface area contributed by atoms with Gasteiger partial charge in [0.15, 0.2) is 5.58 Å². The number of fused-ring (bicyclic) bond motifs is 1. The van der Waals surface area contributed by atoms with Gasteiger partial charge >= 0.3 is 12.1 Å². The van der Waals surface area contributed by atoms with Gasteiger partial charge in [-0.1, -0.05) is 6.07 Å². The number of halogens is 1. The lowest BCUT2D eigenvalue weighted by Gasteiger charge is -1.94. The quantitative estimate of drug-likeness (QED) is 0.790. The third kappa shape index (κ3) is 1.56. The molecule has 1 aromatic carbocycles. The number of nitrogens with zero attached hydrogens (tertiary/aromatic N) is 1. The van der Waals surface area contributed by atoms with Gasteiger partial charge in [-0.3, -0.25) is 4.79 Å². The van der Waals surface area contributed by atoms with Crippen molar-refractivity contribution in [1.82, 2.24) is 4.98 Å². The van der Waals surface area contributed by atoms with Crippen LogP contribution in [0.3, 0.4) is 0 Å². The zero-order valence-corrected chi connectivity index (χ0v) is 7.03. The molecule has 0 amide bonds. The zero-order chi connectivity index (χ0) is 10.1. The molecule has 0 fully saturated rings. The van der Waals surface area contributed by atoms with E-state index in [1.54, 1.807) is 6.07 Å². The molecule has 0 saturated heterocycles. The minimum Gasteiger partial charge on any atom is -0.481 e. The van der Waals surface area contributed by atoms with E-state index >= 15 is 0 Å². The molecule has 1 aromatic heterocycles. The third-order valence-electron chi connectivity index (χ3n) is 1.78. The van der Waals surface area contributed by atoms with E-state index in [0.29, 0.717) is 11.1 Å². The van der Waals surface area contributed by atoms with Gasteiger partial charge in [0.25, 0.3) is 0 Å². The lowest BCUT2D eigenvalue weighted by Crippen LogP contribution is -1.99.